The van der Waals surface area contributed by atoms with Crippen molar-refractivity contribution >= 4 is 11.6 Å². The van der Waals surface area contributed by atoms with Gasteiger partial charge in [-0.25, -0.2) is 0 Å². The quantitative estimate of drug-likeness (QED) is 0.661. The topological polar surface area (TPSA) is 66.3 Å². The van der Waals surface area contributed by atoms with Gasteiger partial charge in [0.15, 0.2) is 17.5 Å². The molecule has 1 aliphatic rings. The normalized spacial score (nSPS) is 13.6. The van der Waals surface area contributed by atoms with E-state index >= 15 is 0 Å². The number of anilines is 1. The number of para-hydroxylation sites is 1. The number of hydrogen-bond donors (Lipinski definition) is 2. The Balaban J connectivity index is 1.77. The first-order valence-electron chi connectivity index (χ1n) is 8.18. The number of rotatable bonds is 4. The number of fused-ring (bicyclic) bond motifs is 1. The fourth-order valence-corrected chi connectivity index (χ4v) is 3.08. The summed E-state index contributed by atoms with van der Waals surface area (Å²) >= 11 is 0. The van der Waals surface area contributed by atoms with Crippen LogP contribution in [0, 0.1) is 0 Å². The first-order valence-corrected chi connectivity index (χ1v) is 8.18. The van der Waals surface area contributed by atoms with Crippen molar-refractivity contribution in [2.24, 2.45) is 4.99 Å². The molecule has 1 aliphatic heterocycles. The second-order valence-electron chi connectivity index (χ2n) is 5.78. The lowest BCUT2D eigenvalue weighted by Crippen LogP contribution is -2.40. The summed E-state index contributed by atoms with van der Waals surface area (Å²) in [7, 11) is 4.82. The summed E-state index contributed by atoms with van der Waals surface area (Å²) in [5.74, 6) is 1.60. The average molecular weight is 341 g/mol. The molecule has 1 heterocycles. The summed E-state index contributed by atoms with van der Waals surface area (Å²) in [4.78, 5) is 6.59. The van der Waals surface area contributed by atoms with Gasteiger partial charge >= 0.3 is 0 Å². The third kappa shape index (κ3) is 3.33. The Morgan fingerprint density at radius 3 is 2.52 bits per heavy atom. The van der Waals surface area contributed by atoms with Gasteiger partial charge in [0.2, 0.25) is 5.75 Å². The van der Waals surface area contributed by atoms with Gasteiger partial charge < -0.3 is 24.8 Å². The third-order valence-corrected chi connectivity index (χ3v) is 4.34. The zero-order valence-electron chi connectivity index (χ0n) is 14.7. The lowest BCUT2D eigenvalue weighted by atomic mass is 10.2. The van der Waals surface area contributed by atoms with Crippen molar-refractivity contribution in [2.45, 2.75) is 13.0 Å². The molecule has 2 N–H and O–H groups in total. The van der Waals surface area contributed by atoms with Crippen LogP contribution in [0.2, 0.25) is 0 Å². The van der Waals surface area contributed by atoms with E-state index in [1.54, 1.807) is 19.2 Å². The van der Waals surface area contributed by atoms with Crippen molar-refractivity contribution in [3.63, 3.8) is 0 Å². The van der Waals surface area contributed by atoms with E-state index < -0.39 is 0 Å². The summed E-state index contributed by atoms with van der Waals surface area (Å²) in [5.41, 5.74) is 3.45. The van der Waals surface area contributed by atoms with Gasteiger partial charge in [0, 0.05) is 25.8 Å². The van der Waals surface area contributed by atoms with E-state index in [1.807, 2.05) is 6.07 Å². The standard InChI is InChI=1S/C19H23N3O3/c1-20-19(22-9-8-14-6-4-5-7-15(14)22)21-12-13-10-16(24-2)18(23)17(11-13)25-3/h4-7,10-11,23H,8-9,12H2,1-3H3,(H,20,21). The van der Waals surface area contributed by atoms with Crippen LogP contribution in [-0.2, 0) is 13.0 Å². The highest BCUT2D eigenvalue weighted by Crippen LogP contribution is 2.37. The minimum absolute atomic E-state index is 0.00611. The van der Waals surface area contributed by atoms with E-state index in [9.17, 15) is 5.11 Å². The van der Waals surface area contributed by atoms with Crippen LogP contribution in [-0.4, -0.2) is 38.9 Å². The molecule has 0 radical (unpaired) electrons. The van der Waals surface area contributed by atoms with Crippen molar-refractivity contribution in [3.05, 3.63) is 47.5 Å². The second-order valence-corrected chi connectivity index (χ2v) is 5.78. The maximum absolute atomic E-state index is 10.0. The number of hydrogen-bond acceptors (Lipinski definition) is 4. The zero-order chi connectivity index (χ0) is 17.8. The Kier molecular flexibility index (Phi) is 4.97. The Labute approximate surface area is 147 Å². The van der Waals surface area contributed by atoms with Crippen LogP contribution in [0.15, 0.2) is 41.4 Å². The third-order valence-electron chi connectivity index (χ3n) is 4.34. The van der Waals surface area contributed by atoms with E-state index in [2.05, 4.69) is 33.4 Å². The molecule has 0 amide bonds. The van der Waals surface area contributed by atoms with Gasteiger partial charge in [0.1, 0.15) is 0 Å². The molecule has 0 aromatic heterocycles. The highest BCUT2D eigenvalue weighted by Gasteiger charge is 2.22. The number of methoxy groups -OCH3 is 2. The minimum Gasteiger partial charge on any atom is -0.502 e. The zero-order valence-corrected chi connectivity index (χ0v) is 14.7. The Bertz CT molecular complexity index is 764. The van der Waals surface area contributed by atoms with Gasteiger partial charge in [-0.2, -0.15) is 0 Å². The van der Waals surface area contributed by atoms with Gasteiger partial charge in [-0.1, -0.05) is 18.2 Å². The summed E-state index contributed by atoms with van der Waals surface area (Å²) in [5, 5.41) is 13.4. The Morgan fingerprint density at radius 2 is 1.88 bits per heavy atom. The van der Waals surface area contributed by atoms with Crippen molar-refractivity contribution in [3.8, 4) is 17.2 Å². The molecule has 6 heteroatoms. The van der Waals surface area contributed by atoms with Crippen LogP contribution in [0.4, 0.5) is 5.69 Å². The molecule has 132 valence electrons. The number of nitrogens with one attached hydrogen (secondary N) is 1. The summed E-state index contributed by atoms with van der Waals surface area (Å²) < 4.78 is 10.4. The molecule has 0 bridgehead atoms. The number of guanidine groups is 1. The summed E-state index contributed by atoms with van der Waals surface area (Å²) in [6.07, 6.45) is 1.01. The highest BCUT2D eigenvalue weighted by atomic mass is 16.5. The molecule has 0 atom stereocenters. The SMILES string of the molecule is CN=C(NCc1cc(OC)c(O)c(OC)c1)N1CCc2ccccc21. The Morgan fingerprint density at radius 1 is 1.20 bits per heavy atom. The molecule has 2 aromatic carbocycles. The number of aliphatic imine (C=N–C) groups is 1. The summed E-state index contributed by atoms with van der Waals surface area (Å²) in [6.45, 7) is 1.44. The van der Waals surface area contributed by atoms with Crippen LogP contribution in [0.1, 0.15) is 11.1 Å². The molecular formula is C19H23N3O3. The lowest BCUT2D eigenvalue weighted by molar-refractivity contribution is 0.339. The van der Waals surface area contributed by atoms with Gasteiger partial charge in [0.05, 0.1) is 14.2 Å². The summed E-state index contributed by atoms with van der Waals surface area (Å²) in [6, 6.07) is 11.9. The number of nitrogens with zero attached hydrogens (tertiary/aromatic N) is 2. The van der Waals surface area contributed by atoms with E-state index in [4.69, 9.17) is 9.47 Å². The fraction of sp³-hybridized carbons (Fsp3) is 0.316. The van der Waals surface area contributed by atoms with Crippen LogP contribution in [0.5, 0.6) is 17.2 Å². The van der Waals surface area contributed by atoms with E-state index in [1.165, 1.54) is 25.5 Å². The van der Waals surface area contributed by atoms with E-state index in [0.717, 1.165) is 24.5 Å². The molecule has 6 nitrogen and oxygen atoms in total. The van der Waals surface area contributed by atoms with Crippen LogP contribution < -0.4 is 19.7 Å². The Hall–Kier alpha value is -2.89. The smallest absolute Gasteiger partial charge is 0.200 e. The van der Waals surface area contributed by atoms with Crippen molar-refractivity contribution in [1.29, 1.82) is 0 Å². The van der Waals surface area contributed by atoms with Crippen molar-refractivity contribution < 1.29 is 14.6 Å². The number of phenolic OH excluding ortho intramolecular Hbond substituents is 1. The molecule has 0 unspecified atom stereocenters. The molecule has 25 heavy (non-hydrogen) atoms. The number of phenols is 1. The van der Waals surface area contributed by atoms with Crippen LogP contribution in [0.25, 0.3) is 0 Å². The molecular weight excluding hydrogens is 318 g/mol. The van der Waals surface area contributed by atoms with Gasteiger partial charge in [-0.3, -0.25) is 4.99 Å². The average Bonchev–Trinajstić information content (AvgIpc) is 3.07. The number of aromatic hydroxyl groups is 1. The van der Waals surface area contributed by atoms with E-state index in [-0.39, 0.29) is 5.75 Å². The minimum atomic E-state index is 0.00611. The highest BCUT2D eigenvalue weighted by molar-refractivity contribution is 5.97. The van der Waals surface area contributed by atoms with Crippen molar-refractivity contribution in [1.82, 2.24) is 5.32 Å². The monoisotopic (exact) mass is 341 g/mol. The van der Waals surface area contributed by atoms with Crippen molar-refractivity contribution in [2.75, 3.05) is 32.7 Å². The van der Waals surface area contributed by atoms with Crippen LogP contribution in [0.3, 0.4) is 0 Å². The van der Waals surface area contributed by atoms with E-state index in [0.29, 0.717) is 18.0 Å². The number of ether oxygens (including phenoxy) is 2. The lowest BCUT2D eigenvalue weighted by Gasteiger charge is -2.22. The maximum atomic E-state index is 10.0. The molecule has 0 spiro atoms. The van der Waals surface area contributed by atoms with Crippen LogP contribution >= 0.6 is 0 Å². The molecule has 0 saturated heterocycles. The predicted molar refractivity (Wildman–Crippen MR) is 98.9 cm³/mol. The largest absolute Gasteiger partial charge is 0.502 e. The van der Waals surface area contributed by atoms with Gasteiger partial charge in [-0.15, -0.1) is 0 Å². The molecule has 0 saturated carbocycles. The maximum Gasteiger partial charge on any atom is 0.200 e. The molecule has 0 fully saturated rings. The molecule has 2 aromatic rings. The number of benzene rings is 2. The molecule has 0 aliphatic carbocycles. The van der Waals surface area contributed by atoms with Gasteiger partial charge in [0.25, 0.3) is 0 Å². The first-order chi connectivity index (χ1) is 12.2. The predicted octanol–water partition coefficient (Wildman–Crippen LogP) is 2.55. The van der Waals surface area contributed by atoms with Gasteiger partial charge in [-0.05, 0) is 35.7 Å². The second kappa shape index (κ2) is 7.34. The fourth-order valence-electron chi connectivity index (χ4n) is 3.08. The molecule has 3 rings (SSSR count). The first kappa shape index (κ1) is 17.0.